The fraction of sp³-hybridized carbons (Fsp3) is 0.429. The van der Waals surface area contributed by atoms with Crippen molar-refractivity contribution in [3.63, 3.8) is 0 Å². The van der Waals surface area contributed by atoms with E-state index in [0.717, 1.165) is 5.56 Å². The lowest BCUT2D eigenvalue weighted by atomic mass is 10.1. The molecule has 0 saturated carbocycles. The Labute approximate surface area is 132 Å². The van der Waals surface area contributed by atoms with Crippen molar-refractivity contribution in [1.82, 2.24) is 14.8 Å². The number of rotatable bonds is 4. The highest BCUT2D eigenvalue weighted by Crippen LogP contribution is 2.30. The number of hydrogen-bond donors (Lipinski definition) is 0. The fourth-order valence-corrected chi connectivity index (χ4v) is 5.18. The zero-order valence-electron chi connectivity index (χ0n) is 12.1. The maximum atomic E-state index is 13.2. The average molecular weight is 341 g/mol. The Morgan fingerprint density at radius 3 is 2.91 bits per heavy atom. The molecule has 2 heterocycles. The molecule has 1 aliphatic heterocycles. The molecular weight excluding hydrogens is 325 g/mol. The normalized spacial score (nSPS) is 20.4. The molecule has 1 unspecified atom stereocenters. The molecule has 3 rings (SSSR count). The molecule has 2 aromatic rings. The Bertz CT molecular complexity index is 789. The summed E-state index contributed by atoms with van der Waals surface area (Å²) in [6, 6.07) is 6.44. The molecule has 8 heteroatoms. The number of thioether (sulfide) groups is 1. The van der Waals surface area contributed by atoms with E-state index in [1.807, 2.05) is 17.7 Å². The molecule has 0 N–H and O–H groups in total. The third-order valence-corrected chi connectivity index (χ3v) is 6.58. The maximum absolute atomic E-state index is 13.2. The summed E-state index contributed by atoms with van der Waals surface area (Å²) >= 11 is 1.46. The van der Waals surface area contributed by atoms with E-state index in [2.05, 4.69) is 10.2 Å². The molecular formula is C14H16FN3O2S2. The van der Waals surface area contributed by atoms with Crippen molar-refractivity contribution in [3.05, 3.63) is 41.5 Å². The van der Waals surface area contributed by atoms with Gasteiger partial charge in [0, 0.05) is 18.7 Å². The van der Waals surface area contributed by atoms with Crippen LogP contribution in [0.4, 0.5) is 4.39 Å². The van der Waals surface area contributed by atoms with E-state index in [-0.39, 0.29) is 23.2 Å². The minimum absolute atomic E-state index is 0.0778. The largest absolute Gasteiger partial charge is 0.309 e. The summed E-state index contributed by atoms with van der Waals surface area (Å²) in [5.41, 5.74) is 0.873. The molecule has 0 spiro atoms. The lowest BCUT2D eigenvalue weighted by Gasteiger charge is -2.08. The number of sulfone groups is 1. The van der Waals surface area contributed by atoms with Gasteiger partial charge in [-0.15, -0.1) is 10.2 Å². The van der Waals surface area contributed by atoms with Gasteiger partial charge in [0.2, 0.25) is 0 Å². The fourth-order valence-electron chi connectivity index (χ4n) is 2.58. The summed E-state index contributed by atoms with van der Waals surface area (Å²) in [7, 11) is -1.10. The quantitative estimate of drug-likeness (QED) is 0.797. The molecule has 1 fully saturated rings. The Hall–Kier alpha value is -1.41. The van der Waals surface area contributed by atoms with Crippen LogP contribution in [0.5, 0.6) is 0 Å². The Morgan fingerprint density at radius 2 is 2.23 bits per heavy atom. The van der Waals surface area contributed by atoms with Crippen molar-refractivity contribution in [2.75, 3.05) is 11.5 Å². The van der Waals surface area contributed by atoms with Crippen LogP contribution in [0.25, 0.3) is 0 Å². The molecule has 1 aromatic heterocycles. The molecule has 118 valence electrons. The van der Waals surface area contributed by atoms with Crippen LogP contribution in [0.1, 0.15) is 23.7 Å². The average Bonchev–Trinajstić information content (AvgIpc) is 2.99. The maximum Gasteiger partial charge on any atom is 0.191 e. The van der Waals surface area contributed by atoms with E-state index >= 15 is 0 Å². The first-order chi connectivity index (χ1) is 10.4. The Balaban J connectivity index is 1.71. The van der Waals surface area contributed by atoms with E-state index in [0.29, 0.717) is 23.2 Å². The van der Waals surface area contributed by atoms with Crippen molar-refractivity contribution in [3.8, 4) is 0 Å². The first kappa shape index (κ1) is 15.5. The molecule has 1 aromatic carbocycles. The summed E-state index contributed by atoms with van der Waals surface area (Å²) < 4.78 is 38.2. The van der Waals surface area contributed by atoms with Crippen molar-refractivity contribution in [1.29, 1.82) is 0 Å². The molecule has 1 atom stereocenters. The smallest absolute Gasteiger partial charge is 0.191 e. The zero-order valence-corrected chi connectivity index (χ0v) is 13.7. The SMILES string of the molecule is Cn1c(SCc2cccc(F)c2)nnc1C1CCS(=O)(=O)C1. The summed E-state index contributed by atoms with van der Waals surface area (Å²) in [5, 5.41) is 8.99. The molecule has 0 radical (unpaired) electrons. The third kappa shape index (κ3) is 3.33. The van der Waals surface area contributed by atoms with E-state index < -0.39 is 9.84 Å². The summed E-state index contributed by atoms with van der Waals surface area (Å²) in [6.45, 7) is 0. The van der Waals surface area contributed by atoms with Crippen LogP contribution in [-0.4, -0.2) is 34.7 Å². The van der Waals surface area contributed by atoms with Crippen molar-refractivity contribution >= 4 is 21.6 Å². The predicted octanol–water partition coefficient (Wildman–Crippen LogP) is 2.15. The van der Waals surface area contributed by atoms with Gasteiger partial charge in [-0.05, 0) is 24.1 Å². The molecule has 0 bridgehead atoms. The summed E-state index contributed by atoms with van der Waals surface area (Å²) in [6.07, 6.45) is 0.600. The first-order valence-corrected chi connectivity index (χ1v) is 9.72. The van der Waals surface area contributed by atoms with E-state index in [9.17, 15) is 12.8 Å². The lowest BCUT2D eigenvalue weighted by Crippen LogP contribution is -2.09. The third-order valence-electron chi connectivity index (χ3n) is 3.72. The second-order valence-corrected chi connectivity index (χ2v) is 8.59. The first-order valence-electron chi connectivity index (χ1n) is 6.91. The van der Waals surface area contributed by atoms with Gasteiger partial charge in [-0.3, -0.25) is 0 Å². The number of halogens is 1. The topological polar surface area (TPSA) is 64.8 Å². The molecule has 0 aliphatic carbocycles. The van der Waals surface area contributed by atoms with E-state index in [1.165, 1.54) is 23.9 Å². The summed E-state index contributed by atoms with van der Waals surface area (Å²) in [5.74, 6) is 1.33. The second kappa shape index (κ2) is 6.00. The van der Waals surface area contributed by atoms with Crippen molar-refractivity contribution in [2.45, 2.75) is 23.2 Å². The monoisotopic (exact) mass is 341 g/mol. The van der Waals surface area contributed by atoms with Gasteiger partial charge < -0.3 is 4.57 Å². The van der Waals surface area contributed by atoms with Gasteiger partial charge in [-0.25, -0.2) is 12.8 Å². The van der Waals surface area contributed by atoms with Gasteiger partial charge in [-0.2, -0.15) is 0 Å². The number of hydrogen-bond acceptors (Lipinski definition) is 5. The molecule has 22 heavy (non-hydrogen) atoms. The van der Waals surface area contributed by atoms with Crippen LogP contribution in [0, 0.1) is 5.82 Å². The minimum atomic E-state index is -2.94. The molecule has 1 saturated heterocycles. The van der Waals surface area contributed by atoms with Crippen LogP contribution < -0.4 is 0 Å². The van der Waals surface area contributed by atoms with Gasteiger partial charge in [0.1, 0.15) is 11.6 Å². The highest BCUT2D eigenvalue weighted by Gasteiger charge is 2.32. The minimum Gasteiger partial charge on any atom is -0.309 e. The lowest BCUT2D eigenvalue weighted by molar-refractivity contribution is 0.599. The van der Waals surface area contributed by atoms with Crippen LogP contribution in [-0.2, 0) is 22.6 Å². The van der Waals surface area contributed by atoms with Gasteiger partial charge in [0.05, 0.1) is 11.5 Å². The van der Waals surface area contributed by atoms with Crippen LogP contribution in [0.15, 0.2) is 29.4 Å². The second-order valence-electron chi connectivity index (χ2n) is 5.42. The Kier molecular flexibility index (Phi) is 4.22. The van der Waals surface area contributed by atoms with Crippen LogP contribution in [0.3, 0.4) is 0 Å². The summed E-state index contributed by atoms with van der Waals surface area (Å²) in [4.78, 5) is 0. The number of benzene rings is 1. The van der Waals surface area contributed by atoms with Gasteiger partial charge >= 0.3 is 0 Å². The standard InChI is InChI=1S/C14H16FN3O2S2/c1-18-13(11-5-6-22(19,20)9-11)16-17-14(18)21-8-10-3-2-4-12(15)7-10/h2-4,7,11H,5-6,8-9H2,1H3. The van der Waals surface area contributed by atoms with E-state index in [4.69, 9.17) is 0 Å². The zero-order chi connectivity index (χ0) is 15.7. The van der Waals surface area contributed by atoms with Gasteiger partial charge in [-0.1, -0.05) is 23.9 Å². The van der Waals surface area contributed by atoms with Crippen LogP contribution in [0.2, 0.25) is 0 Å². The predicted molar refractivity (Wildman–Crippen MR) is 83.0 cm³/mol. The Morgan fingerprint density at radius 1 is 1.41 bits per heavy atom. The van der Waals surface area contributed by atoms with Gasteiger partial charge in [0.15, 0.2) is 15.0 Å². The van der Waals surface area contributed by atoms with Gasteiger partial charge in [0.25, 0.3) is 0 Å². The van der Waals surface area contributed by atoms with E-state index in [1.54, 1.807) is 6.07 Å². The number of nitrogens with zero attached hydrogens (tertiary/aromatic N) is 3. The van der Waals surface area contributed by atoms with Crippen molar-refractivity contribution in [2.24, 2.45) is 7.05 Å². The highest BCUT2D eigenvalue weighted by molar-refractivity contribution is 7.98. The molecule has 0 amide bonds. The molecule has 1 aliphatic rings. The highest BCUT2D eigenvalue weighted by atomic mass is 32.2. The number of aromatic nitrogens is 3. The van der Waals surface area contributed by atoms with Crippen molar-refractivity contribution < 1.29 is 12.8 Å². The molecule has 5 nitrogen and oxygen atoms in total. The van der Waals surface area contributed by atoms with Crippen LogP contribution >= 0.6 is 11.8 Å².